The molecule has 6 rings (SSSR count). The van der Waals surface area contributed by atoms with Crippen molar-refractivity contribution < 1.29 is 14.2 Å². The van der Waals surface area contributed by atoms with Crippen LogP contribution in [0.25, 0.3) is 0 Å². The highest BCUT2D eigenvalue weighted by Gasteiger charge is 2.20. The van der Waals surface area contributed by atoms with E-state index in [0.29, 0.717) is 11.1 Å². The predicted octanol–water partition coefficient (Wildman–Crippen LogP) is 10.1. The van der Waals surface area contributed by atoms with Crippen molar-refractivity contribution in [2.24, 2.45) is 0 Å². The summed E-state index contributed by atoms with van der Waals surface area (Å²) >= 11 is 0. The molecular weight excluding hydrogens is 610 g/mol. The SMILES string of the molecule is COc1ccc(Nc2cc(N(c3ccc(C#N)cc3)c3ccc(OC)cc3)cc(N(c3ccc(C#N)cc3)c3ccc(OC)cc3)c2)cc1. The summed E-state index contributed by atoms with van der Waals surface area (Å²) in [6.45, 7) is 0. The Kier molecular flexibility index (Phi) is 9.60. The minimum atomic E-state index is 0.570. The lowest BCUT2D eigenvalue weighted by Gasteiger charge is -2.30. The van der Waals surface area contributed by atoms with Gasteiger partial charge in [0.05, 0.1) is 56.0 Å². The molecule has 0 aliphatic heterocycles. The summed E-state index contributed by atoms with van der Waals surface area (Å²) in [6, 6.07) is 49.2. The molecule has 0 saturated heterocycles. The van der Waals surface area contributed by atoms with Gasteiger partial charge in [0, 0.05) is 34.1 Å². The number of benzene rings is 6. The first-order valence-corrected chi connectivity index (χ1v) is 15.5. The van der Waals surface area contributed by atoms with Gasteiger partial charge in [-0.1, -0.05) is 0 Å². The zero-order valence-corrected chi connectivity index (χ0v) is 27.3. The number of rotatable bonds is 11. The first kappa shape index (κ1) is 32.1. The fourth-order valence-electron chi connectivity index (χ4n) is 5.49. The molecule has 49 heavy (non-hydrogen) atoms. The van der Waals surface area contributed by atoms with Gasteiger partial charge in [-0.25, -0.2) is 0 Å². The van der Waals surface area contributed by atoms with Crippen molar-refractivity contribution >= 4 is 45.5 Å². The number of anilines is 8. The molecule has 0 amide bonds. The topological polar surface area (TPSA) is 93.8 Å². The highest BCUT2D eigenvalue weighted by Crippen LogP contribution is 2.43. The molecule has 0 aliphatic rings. The molecule has 0 spiro atoms. The van der Waals surface area contributed by atoms with E-state index in [-0.39, 0.29) is 0 Å². The standard InChI is InChI=1S/C41H33N5O3/c1-47-39-18-8-31(9-19-39)44-32-24-37(45(33-10-4-29(27-42)5-11-33)35-14-20-40(48-2)21-15-35)26-38(25-32)46(34-12-6-30(28-43)7-13-34)36-16-22-41(49-3)23-17-36/h4-26,44H,1-3H3. The lowest BCUT2D eigenvalue weighted by Crippen LogP contribution is -2.14. The molecule has 0 bridgehead atoms. The monoisotopic (exact) mass is 643 g/mol. The Labute approximate surface area is 286 Å². The van der Waals surface area contributed by atoms with Gasteiger partial charge in [-0.3, -0.25) is 0 Å². The Balaban J connectivity index is 1.57. The smallest absolute Gasteiger partial charge is 0.119 e. The van der Waals surface area contributed by atoms with Gasteiger partial charge in [0.2, 0.25) is 0 Å². The van der Waals surface area contributed by atoms with Gasteiger partial charge in [-0.05, 0) is 140 Å². The molecule has 6 aromatic rings. The minimum absolute atomic E-state index is 0.570. The first-order chi connectivity index (χ1) is 24.0. The van der Waals surface area contributed by atoms with Crippen LogP contribution >= 0.6 is 0 Å². The quantitative estimate of drug-likeness (QED) is 0.149. The number of hydrogen-bond donors (Lipinski definition) is 1. The zero-order valence-electron chi connectivity index (χ0n) is 27.3. The summed E-state index contributed by atoms with van der Waals surface area (Å²) in [7, 11) is 4.93. The molecule has 8 nitrogen and oxygen atoms in total. The highest BCUT2D eigenvalue weighted by molar-refractivity contribution is 5.87. The normalized spacial score (nSPS) is 10.3. The maximum absolute atomic E-state index is 9.52. The Hall–Kier alpha value is -6.90. The third kappa shape index (κ3) is 7.25. The van der Waals surface area contributed by atoms with Crippen LogP contribution in [0.15, 0.2) is 140 Å². The summed E-state index contributed by atoms with van der Waals surface area (Å²) in [5, 5.41) is 22.6. The van der Waals surface area contributed by atoms with Gasteiger partial charge in [0.15, 0.2) is 0 Å². The van der Waals surface area contributed by atoms with E-state index < -0.39 is 0 Å². The number of nitrogens with zero attached hydrogens (tertiary/aromatic N) is 4. The third-order valence-electron chi connectivity index (χ3n) is 7.97. The summed E-state index contributed by atoms with van der Waals surface area (Å²) in [5.41, 5.74) is 8.09. The van der Waals surface area contributed by atoms with E-state index in [9.17, 15) is 10.5 Å². The highest BCUT2D eigenvalue weighted by atomic mass is 16.5. The summed E-state index contributed by atoms with van der Waals surface area (Å²) in [4.78, 5) is 4.27. The molecule has 0 heterocycles. The second-order valence-corrected chi connectivity index (χ2v) is 11.0. The van der Waals surface area contributed by atoms with Gasteiger partial charge in [0.25, 0.3) is 0 Å². The largest absolute Gasteiger partial charge is 0.497 e. The van der Waals surface area contributed by atoms with Crippen LogP contribution in [0.3, 0.4) is 0 Å². The first-order valence-electron chi connectivity index (χ1n) is 15.5. The molecule has 0 atom stereocenters. The lowest BCUT2D eigenvalue weighted by molar-refractivity contribution is 0.414. The Morgan fingerprint density at radius 2 is 0.735 bits per heavy atom. The maximum atomic E-state index is 9.52. The van der Waals surface area contributed by atoms with Gasteiger partial charge >= 0.3 is 0 Å². The van der Waals surface area contributed by atoms with Crippen LogP contribution in [0.5, 0.6) is 17.2 Å². The lowest BCUT2D eigenvalue weighted by atomic mass is 10.1. The average Bonchev–Trinajstić information content (AvgIpc) is 3.16. The average molecular weight is 644 g/mol. The van der Waals surface area contributed by atoms with E-state index in [1.165, 1.54) is 0 Å². The van der Waals surface area contributed by atoms with Crippen molar-refractivity contribution in [3.05, 3.63) is 151 Å². The number of hydrogen-bond acceptors (Lipinski definition) is 8. The van der Waals surface area contributed by atoms with E-state index in [1.54, 1.807) is 21.3 Å². The Bertz CT molecular complexity index is 1970. The molecule has 0 saturated carbocycles. The van der Waals surface area contributed by atoms with Gasteiger partial charge in [-0.2, -0.15) is 10.5 Å². The molecule has 240 valence electrons. The summed E-state index contributed by atoms with van der Waals surface area (Å²) in [5.74, 6) is 2.24. The van der Waals surface area contributed by atoms with Crippen LogP contribution in [0.1, 0.15) is 11.1 Å². The summed E-state index contributed by atoms with van der Waals surface area (Å²) in [6.07, 6.45) is 0. The van der Waals surface area contributed by atoms with Gasteiger partial charge < -0.3 is 29.3 Å². The number of nitrogens with one attached hydrogen (secondary N) is 1. The van der Waals surface area contributed by atoms with Crippen molar-refractivity contribution in [1.29, 1.82) is 10.5 Å². The van der Waals surface area contributed by atoms with Crippen molar-refractivity contribution in [3.63, 3.8) is 0 Å². The van der Waals surface area contributed by atoms with Crippen LogP contribution < -0.4 is 29.3 Å². The van der Waals surface area contributed by atoms with Gasteiger partial charge in [0.1, 0.15) is 17.2 Å². The molecule has 1 N–H and O–H groups in total. The van der Waals surface area contributed by atoms with Crippen molar-refractivity contribution in [2.75, 3.05) is 36.4 Å². The van der Waals surface area contributed by atoms with E-state index in [2.05, 4.69) is 45.5 Å². The van der Waals surface area contributed by atoms with Crippen LogP contribution in [0.2, 0.25) is 0 Å². The summed E-state index contributed by atoms with van der Waals surface area (Å²) < 4.78 is 16.3. The van der Waals surface area contributed by atoms with Crippen LogP contribution in [-0.4, -0.2) is 21.3 Å². The third-order valence-corrected chi connectivity index (χ3v) is 7.97. The molecule has 0 aromatic heterocycles. The zero-order chi connectivity index (χ0) is 34.2. The molecule has 0 radical (unpaired) electrons. The van der Waals surface area contributed by atoms with E-state index >= 15 is 0 Å². The second kappa shape index (κ2) is 14.7. The van der Waals surface area contributed by atoms with E-state index in [4.69, 9.17) is 14.2 Å². The maximum Gasteiger partial charge on any atom is 0.119 e. The number of nitriles is 2. The number of methoxy groups -OCH3 is 3. The van der Waals surface area contributed by atoms with E-state index in [1.807, 2.05) is 121 Å². The van der Waals surface area contributed by atoms with Gasteiger partial charge in [-0.15, -0.1) is 0 Å². The fraction of sp³-hybridized carbons (Fsp3) is 0.0732. The van der Waals surface area contributed by atoms with Crippen LogP contribution in [-0.2, 0) is 0 Å². The van der Waals surface area contributed by atoms with Crippen molar-refractivity contribution in [3.8, 4) is 29.4 Å². The van der Waals surface area contributed by atoms with Crippen molar-refractivity contribution in [2.45, 2.75) is 0 Å². The predicted molar refractivity (Wildman–Crippen MR) is 195 cm³/mol. The van der Waals surface area contributed by atoms with Crippen molar-refractivity contribution in [1.82, 2.24) is 0 Å². The fourth-order valence-corrected chi connectivity index (χ4v) is 5.49. The van der Waals surface area contributed by atoms with Crippen LogP contribution in [0.4, 0.5) is 45.5 Å². The molecule has 0 unspecified atom stereocenters. The number of ether oxygens (including phenoxy) is 3. The Morgan fingerprint density at radius 1 is 0.408 bits per heavy atom. The van der Waals surface area contributed by atoms with Crippen LogP contribution in [0, 0.1) is 22.7 Å². The Morgan fingerprint density at radius 3 is 1.06 bits per heavy atom. The second-order valence-electron chi connectivity index (χ2n) is 11.0. The molecular formula is C41H33N5O3. The molecule has 0 aliphatic carbocycles. The molecule has 6 aromatic carbocycles. The molecule has 0 fully saturated rings. The minimum Gasteiger partial charge on any atom is -0.497 e. The molecule has 8 heteroatoms. The van der Waals surface area contributed by atoms with E-state index in [0.717, 1.165) is 62.7 Å².